The lowest BCUT2D eigenvalue weighted by Gasteiger charge is -2.13. The zero-order chi connectivity index (χ0) is 25.6. The molecule has 0 saturated carbocycles. The molecule has 0 aliphatic carbocycles. The molecule has 3 heterocycles. The minimum Gasteiger partial charge on any atom is -0.306 e. The van der Waals surface area contributed by atoms with Gasteiger partial charge in [0.25, 0.3) is 11.5 Å². The summed E-state index contributed by atoms with van der Waals surface area (Å²) in [6.45, 7) is 1.62. The monoisotopic (exact) mass is 513 g/mol. The van der Waals surface area contributed by atoms with Gasteiger partial charge in [0.1, 0.15) is 11.2 Å². The number of alkyl halides is 3. The lowest BCUT2D eigenvalue weighted by atomic mass is 10.1. The average molecular weight is 514 g/mol. The Kier molecular flexibility index (Phi) is 5.59. The zero-order valence-corrected chi connectivity index (χ0v) is 19.1. The number of fused-ring (bicyclic) bond motifs is 1. The number of aryl methyl sites for hydroxylation is 1. The summed E-state index contributed by atoms with van der Waals surface area (Å²) in [6.07, 6.45) is -3.37. The number of aromatic amines is 1. The van der Waals surface area contributed by atoms with E-state index in [0.717, 1.165) is 16.8 Å². The molecule has 0 spiro atoms. The van der Waals surface area contributed by atoms with Crippen LogP contribution in [0.2, 0.25) is 5.02 Å². The Bertz CT molecular complexity index is 1670. The highest BCUT2D eigenvalue weighted by Gasteiger charge is 2.35. The van der Waals surface area contributed by atoms with Crippen LogP contribution in [0.5, 0.6) is 0 Å². The quantitative estimate of drug-likeness (QED) is 0.367. The normalized spacial score (nSPS) is 11.7. The Labute approximate surface area is 205 Å². The van der Waals surface area contributed by atoms with E-state index in [1.807, 2.05) is 0 Å². The Hall–Kier alpha value is -4.45. The highest BCUT2D eigenvalue weighted by Crippen LogP contribution is 2.32. The van der Waals surface area contributed by atoms with E-state index in [1.165, 1.54) is 29.1 Å². The van der Waals surface area contributed by atoms with Gasteiger partial charge in [-0.2, -0.15) is 33.0 Å². The highest BCUT2D eigenvalue weighted by atomic mass is 35.5. The predicted molar refractivity (Wildman–Crippen MR) is 126 cm³/mol. The van der Waals surface area contributed by atoms with Crippen molar-refractivity contribution in [2.24, 2.45) is 0 Å². The maximum atomic E-state index is 13.4. The topological polar surface area (TPSA) is 110 Å². The van der Waals surface area contributed by atoms with E-state index in [1.54, 1.807) is 31.2 Å². The number of hydrogen-bond donors (Lipinski definition) is 2. The summed E-state index contributed by atoms with van der Waals surface area (Å²) in [5.74, 6) is -1.07. The maximum absolute atomic E-state index is 13.4. The second kappa shape index (κ2) is 8.64. The number of hydrogen-bond acceptors (Lipinski definition) is 5. The second-order valence-electron chi connectivity index (χ2n) is 7.74. The van der Waals surface area contributed by atoms with Gasteiger partial charge in [0.05, 0.1) is 28.7 Å². The molecule has 0 unspecified atom stereocenters. The fraction of sp³-hybridized carbons (Fsp3) is 0.0870. The predicted octanol–water partition coefficient (Wildman–Crippen LogP) is 4.53. The van der Waals surface area contributed by atoms with Crippen LogP contribution in [0, 0.1) is 6.92 Å². The molecule has 36 heavy (non-hydrogen) atoms. The molecule has 2 N–H and O–H groups in total. The minimum absolute atomic E-state index is 0.00883. The first-order valence-corrected chi connectivity index (χ1v) is 10.8. The molecule has 0 bridgehead atoms. The number of carbonyl (C=O) groups is 1. The molecule has 9 nitrogen and oxygen atoms in total. The molecular weight excluding hydrogens is 499 g/mol. The summed E-state index contributed by atoms with van der Waals surface area (Å²) in [5.41, 5.74) is -0.957. The van der Waals surface area contributed by atoms with Crippen LogP contribution in [0.3, 0.4) is 0 Å². The molecule has 5 aromatic rings. The van der Waals surface area contributed by atoms with Gasteiger partial charge in [-0.25, -0.2) is 4.68 Å². The van der Waals surface area contributed by atoms with Crippen molar-refractivity contribution in [3.05, 3.63) is 93.0 Å². The van der Waals surface area contributed by atoms with Crippen LogP contribution < -0.4 is 10.9 Å². The second-order valence-corrected chi connectivity index (χ2v) is 8.18. The largest absolute Gasteiger partial charge is 0.417 e. The van der Waals surface area contributed by atoms with Crippen molar-refractivity contribution < 1.29 is 18.0 Å². The number of amides is 1. The Morgan fingerprint density at radius 3 is 2.53 bits per heavy atom. The van der Waals surface area contributed by atoms with E-state index in [4.69, 9.17) is 11.6 Å². The van der Waals surface area contributed by atoms with Gasteiger partial charge in [-0.3, -0.25) is 14.6 Å². The molecule has 182 valence electrons. The van der Waals surface area contributed by atoms with Gasteiger partial charge < -0.3 is 5.32 Å². The van der Waals surface area contributed by atoms with Crippen LogP contribution in [0.1, 0.15) is 21.6 Å². The lowest BCUT2D eigenvalue weighted by molar-refractivity contribution is -0.137. The van der Waals surface area contributed by atoms with Crippen molar-refractivity contribution in [2.75, 3.05) is 5.32 Å². The van der Waals surface area contributed by atoms with Crippen LogP contribution >= 0.6 is 11.6 Å². The smallest absolute Gasteiger partial charge is 0.306 e. The lowest BCUT2D eigenvalue weighted by Crippen LogP contribution is -2.21. The molecule has 0 aliphatic rings. The number of benzene rings is 2. The zero-order valence-electron chi connectivity index (χ0n) is 18.3. The van der Waals surface area contributed by atoms with Crippen LogP contribution in [0.15, 0.2) is 65.6 Å². The van der Waals surface area contributed by atoms with Crippen LogP contribution in [-0.4, -0.2) is 35.4 Å². The fourth-order valence-corrected chi connectivity index (χ4v) is 3.77. The van der Waals surface area contributed by atoms with E-state index in [2.05, 4.69) is 25.5 Å². The molecule has 2 aromatic carbocycles. The molecule has 0 fully saturated rings. The molecule has 13 heteroatoms. The van der Waals surface area contributed by atoms with Crippen molar-refractivity contribution in [3.8, 4) is 11.6 Å². The molecule has 0 aliphatic heterocycles. The Morgan fingerprint density at radius 2 is 1.81 bits per heavy atom. The van der Waals surface area contributed by atoms with Gasteiger partial charge in [0, 0.05) is 11.1 Å². The summed E-state index contributed by atoms with van der Waals surface area (Å²) >= 11 is 5.95. The van der Waals surface area contributed by atoms with Gasteiger partial charge in [-0.1, -0.05) is 23.7 Å². The van der Waals surface area contributed by atoms with Crippen LogP contribution in [0.25, 0.3) is 22.7 Å². The summed E-state index contributed by atoms with van der Waals surface area (Å²) in [4.78, 5) is 32.6. The van der Waals surface area contributed by atoms with Gasteiger partial charge >= 0.3 is 6.18 Å². The molecular formula is C23H15ClF3N7O2. The van der Waals surface area contributed by atoms with E-state index >= 15 is 0 Å². The van der Waals surface area contributed by atoms with E-state index in [9.17, 15) is 22.8 Å². The van der Waals surface area contributed by atoms with Gasteiger partial charge in [-0.05, 0) is 43.3 Å². The first-order valence-electron chi connectivity index (χ1n) is 10.4. The molecule has 0 saturated heterocycles. The maximum Gasteiger partial charge on any atom is 0.417 e. The van der Waals surface area contributed by atoms with Crippen molar-refractivity contribution >= 4 is 34.4 Å². The van der Waals surface area contributed by atoms with Crippen molar-refractivity contribution in [1.29, 1.82) is 0 Å². The van der Waals surface area contributed by atoms with E-state index < -0.39 is 28.8 Å². The Balaban J connectivity index is 1.58. The van der Waals surface area contributed by atoms with E-state index in [0.29, 0.717) is 16.4 Å². The average Bonchev–Trinajstić information content (AvgIpc) is 3.42. The third-order valence-corrected chi connectivity index (χ3v) is 5.50. The summed E-state index contributed by atoms with van der Waals surface area (Å²) in [7, 11) is 0. The third-order valence-electron chi connectivity index (χ3n) is 5.25. The number of aromatic nitrogens is 6. The third kappa shape index (κ3) is 4.22. The molecule has 5 rings (SSSR count). The summed E-state index contributed by atoms with van der Waals surface area (Å²) in [6, 6.07) is 12.6. The molecule has 0 radical (unpaired) electrons. The highest BCUT2D eigenvalue weighted by molar-refractivity contribution is 6.30. The van der Waals surface area contributed by atoms with Crippen molar-refractivity contribution in [1.82, 2.24) is 29.5 Å². The van der Waals surface area contributed by atoms with Gasteiger partial charge in [0.2, 0.25) is 5.95 Å². The number of anilines is 1. The fourth-order valence-electron chi connectivity index (χ4n) is 3.64. The Morgan fingerprint density at radius 1 is 1.08 bits per heavy atom. The first-order chi connectivity index (χ1) is 17.1. The first kappa shape index (κ1) is 23.3. The van der Waals surface area contributed by atoms with Crippen molar-refractivity contribution in [3.63, 3.8) is 0 Å². The summed E-state index contributed by atoms with van der Waals surface area (Å²) in [5, 5.41) is 11.6. The molecule has 0 atom stereocenters. The number of rotatable bonds is 4. The number of H-pyrrole nitrogens is 1. The number of nitrogens with zero attached hydrogens (tertiary/aromatic N) is 5. The SMILES string of the molecule is Cc1cc(NC(=O)c2ccccc2C(F)(F)F)n(-c2nc3c(cnn3-c3ccc(Cl)cc3)c(=O)[nH]2)n1. The standard InChI is InChI=1S/C23H15ClF3N7O2/c1-12-10-18(29-20(35)15-4-2-3-5-17(15)23(25,26)27)34(32-12)22-30-19-16(21(36)31-22)11-28-33(19)14-8-6-13(24)7-9-14/h2-11H,1H3,(H,29,35)(H,30,31,36). The molecule has 3 aromatic heterocycles. The van der Waals surface area contributed by atoms with E-state index in [-0.39, 0.29) is 22.8 Å². The summed E-state index contributed by atoms with van der Waals surface area (Å²) < 4.78 is 42.7. The number of halogens is 4. The number of carbonyl (C=O) groups excluding carboxylic acids is 1. The van der Waals surface area contributed by atoms with Gasteiger partial charge in [0.15, 0.2) is 5.65 Å². The van der Waals surface area contributed by atoms with Crippen LogP contribution in [-0.2, 0) is 6.18 Å². The number of nitrogens with one attached hydrogen (secondary N) is 2. The molecule has 1 amide bonds. The van der Waals surface area contributed by atoms with Gasteiger partial charge in [-0.15, -0.1) is 0 Å². The van der Waals surface area contributed by atoms with Crippen molar-refractivity contribution in [2.45, 2.75) is 13.1 Å². The minimum atomic E-state index is -4.72. The van der Waals surface area contributed by atoms with Crippen LogP contribution in [0.4, 0.5) is 19.0 Å².